The normalized spacial score (nSPS) is 11.3. The van der Waals surface area contributed by atoms with Crippen LogP contribution in [0.1, 0.15) is 0 Å². The number of rotatable bonds is 7. The van der Waals surface area contributed by atoms with E-state index in [2.05, 4.69) is 228 Å². The van der Waals surface area contributed by atoms with E-state index in [-0.39, 0.29) is 0 Å². The lowest BCUT2D eigenvalue weighted by molar-refractivity contribution is 1.18. The van der Waals surface area contributed by atoms with Crippen LogP contribution in [0, 0.1) is 0 Å². The molecule has 2 heteroatoms. The van der Waals surface area contributed by atoms with E-state index in [1.807, 2.05) is 0 Å². The third-order valence-electron chi connectivity index (χ3n) is 10.6. The highest BCUT2D eigenvalue weighted by Crippen LogP contribution is 2.46. The van der Waals surface area contributed by atoms with Crippen LogP contribution < -0.4 is 4.90 Å². The molecule has 2 nitrogen and oxygen atoms in total. The van der Waals surface area contributed by atoms with Gasteiger partial charge in [-0.05, 0) is 99.3 Å². The van der Waals surface area contributed by atoms with Gasteiger partial charge in [0.25, 0.3) is 0 Å². The van der Waals surface area contributed by atoms with Crippen LogP contribution in [0.5, 0.6) is 0 Å². The molecule has 0 aliphatic heterocycles. The molecule has 54 heavy (non-hydrogen) atoms. The summed E-state index contributed by atoms with van der Waals surface area (Å²) in [5, 5.41) is 4.96. The summed E-state index contributed by atoms with van der Waals surface area (Å²) in [6, 6.07) is 78.9. The number of anilines is 3. The highest BCUT2D eigenvalue weighted by atomic mass is 15.1. The summed E-state index contributed by atoms with van der Waals surface area (Å²) < 4.78 is 2.39. The molecule has 0 radical (unpaired) electrons. The van der Waals surface area contributed by atoms with Crippen molar-refractivity contribution >= 4 is 49.6 Å². The summed E-state index contributed by atoms with van der Waals surface area (Å²) in [7, 11) is 0. The lowest BCUT2D eigenvalue weighted by Crippen LogP contribution is -2.11. The van der Waals surface area contributed by atoms with Crippen LogP contribution >= 0.6 is 0 Å². The Morgan fingerprint density at radius 3 is 1.78 bits per heavy atom. The first-order valence-corrected chi connectivity index (χ1v) is 18.5. The molecule has 0 aliphatic carbocycles. The predicted molar refractivity (Wildman–Crippen MR) is 229 cm³/mol. The Hall–Kier alpha value is -7.16. The molecule has 254 valence electrons. The molecule has 0 bridgehead atoms. The van der Waals surface area contributed by atoms with Gasteiger partial charge >= 0.3 is 0 Å². The maximum Gasteiger partial charge on any atom is 0.0547 e. The summed E-state index contributed by atoms with van der Waals surface area (Å²) in [6.45, 7) is 0. The topological polar surface area (TPSA) is 8.17 Å². The minimum atomic E-state index is 1.09. The summed E-state index contributed by atoms with van der Waals surface area (Å²) in [5.74, 6) is 0. The van der Waals surface area contributed by atoms with Crippen LogP contribution in [0.15, 0.2) is 218 Å². The summed E-state index contributed by atoms with van der Waals surface area (Å²) in [4.78, 5) is 2.42. The second-order valence-corrected chi connectivity index (χ2v) is 13.8. The number of hydrogen-bond donors (Lipinski definition) is 0. The molecule has 1 heterocycles. The Balaban J connectivity index is 1.19. The Morgan fingerprint density at radius 1 is 0.333 bits per heavy atom. The molecule has 0 amide bonds. The average Bonchev–Trinajstić information content (AvgIpc) is 3.59. The molecule has 10 aromatic rings. The molecular formula is C52H36N2. The number of aromatic nitrogens is 1. The largest absolute Gasteiger partial charge is 0.310 e. The van der Waals surface area contributed by atoms with Crippen LogP contribution in [0.25, 0.3) is 71.6 Å². The minimum Gasteiger partial charge on any atom is -0.310 e. The monoisotopic (exact) mass is 688 g/mol. The van der Waals surface area contributed by atoms with Crippen molar-refractivity contribution in [3.8, 4) is 39.1 Å². The Labute approximate surface area is 315 Å². The van der Waals surface area contributed by atoms with Crippen molar-refractivity contribution in [1.29, 1.82) is 0 Å². The van der Waals surface area contributed by atoms with Crippen LogP contribution in [-0.2, 0) is 0 Å². The predicted octanol–water partition coefficient (Wildman–Crippen LogP) is 14.4. The molecule has 0 spiro atoms. The smallest absolute Gasteiger partial charge is 0.0547 e. The lowest BCUT2D eigenvalue weighted by atomic mass is 9.96. The average molecular weight is 689 g/mol. The van der Waals surface area contributed by atoms with Gasteiger partial charge in [-0.1, -0.05) is 158 Å². The highest BCUT2D eigenvalue weighted by Gasteiger charge is 2.21. The van der Waals surface area contributed by atoms with E-state index >= 15 is 0 Å². The van der Waals surface area contributed by atoms with E-state index < -0.39 is 0 Å². The van der Waals surface area contributed by atoms with Crippen molar-refractivity contribution in [1.82, 2.24) is 4.57 Å². The summed E-state index contributed by atoms with van der Waals surface area (Å²) in [5.41, 5.74) is 14.0. The molecule has 0 fully saturated rings. The Morgan fingerprint density at radius 2 is 0.926 bits per heavy atom. The highest BCUT2D eigenvalue weighted by molar-refractivity contribution is 6.17. The maximum absolute atomic E-state index is 2.42. The Kier molecular flexibility index (Phi) is 7.85. The van der Waals surface area contributed by atoms with E-state index in [1.165, 1.54) is 66.0 Å². The van der Waals surface area contributed by atoms with Gasteiger partial charge in [-0.2, -0.15) is 0 Å². The lowest BCUT2D eigenvalue weighted by Gasteiger charge is -2.28. The van der Waals surface area contributed by atoms with Gasteiger partial charge in [0.15, 0.2) is 0 Å². The fourth-order valence-electron chi connectivity index (χ4n) is 8.05. The van der Waals surface area contributed by atoms with Gasteiger partial charge < -0.3 is 9.47 Å². The van der Waals surface area contributed by atoms with Crippen molar-refractivity contribution in [2.24, 2.45) is 0 Å². The zero-order valence-corrected chi connectivity index (χ0v) is 29.7. The van der Waals surface area contributed by atoms with E-state index in [9.17, 15) is 0 Å². The van der Waals surface area contributed by atoms with Crippen molar-refractivity contribution in [2.75, 3.05) is 4.90 Å². The van der Waals surface area contributed by atoms with Gasteiger partial charge in [-0.25, -0.2) is 0 Å². The molecule has 0 N–H and O–H groups in total. The van der Waals surface area contributed by atoms with Crippen LogP contribution in [0.4, 0.5) is 17.1 Å². The molecular weight excluding hydrogens is 653 g/mol. The molecule has 9 aromatic carbocycles. The number of benzene rings is 9. The molecule has 0 unspecified atom stereocenters. The van der Waals surface area contributed by atoms with Crippen molar-refractivity contribution in [3.05, 3.63) is 218 Å². The molecule has 1 aromatic heterocycles. The summed E-state index contributed by atoms with van der Waals surface area (Å²) in [6.07, 6.45) is 0. The number of para-hydroxylation sites is 3. The Bertz CT molecular complexity index is 2920. The first kappa shape index (κ1) is 31.6. The molecule has 10 rings (SSSR count). The minimum absolute atomic E-state index is 1.09. The van der Waals surface area contributed by atoms with Crippen LogP contribution in [0.3, 0.4) is 0 Å². The SMILES string of the molecule is c1ccc(-c2ccc(N(c3cccc(-c4ccc5ccccc5c4)c3)c3ccccc3-c3cccc4c3c3ccccc3n4-c3ccccc3)cc2)cc1. The molecule has 0 aliphatic rings. The first-order chi connectivity index (χ1) is 26.8. The van der Waals surface area contributed by atoms with Crippen LogP contribution in [-0.4, -0.2) is 4.57 Å². The van der Waals surface area contributed by atoms with Gasteiger partial charge in [0.1, 0.15) is 0 Å². The standard InChI is InChI=1S/C52H36N2/c1-3-15-37(16-4-1)39-31-33-44(34-32-39)53(45-22-13-19-41(36-45)42-30-29-38-17-7-8-18-40(38)35-42)49-26-11-9-23-46(49)47-25-14-28-51-52(47)48-24-10-12-27-50(48)54(51)43-20-5-2-6-21-43/h1-36H. The van der Waals surface area contributed by atoms with Gasteiger partial charge in [0, 0.05) is 33.4 Å². The van der Waals surface area contributed by atoms with Crippen LogP contribution in [0.2, 0.25) is 0 Å². The number of fused-ring (bicyclic) bond motifs is 4. The van der Waals surface area contributed by atoms with E-state index in [0.29, 0.717) is 0 Å². The van der Waals surface area contributed by atoms with Crippen molar-refractivity contribution in [3.63, 3.8) is 0 Å². The fourth-order valence-corrected chi connectivity index (χ4v) is 8.05. The van der Waals surface area contributed by atoms with Gasteiger partial charge in [0.05, 0.1) is 16.7 Å². The fraction of sp³-hybridized carbons (Fsp3) is 0. The summed E-state index contributed by atoms with van der Waals surface area (Å²) >= 11 is 0. The second kappa shape index (κ2) is 13.4. The second-order valence-electron chi connectivity index (χ2n) is 13.8. The first-order valence-electron chi connectivity index (χ1n) is 18.5. The quantitative estimate of drug-likeness (QED) is 0.162. The number of hydrogen-bond acceptors (Lipinski definition) is 1. The van der Waals surface area contributed by atoms with Crippen molar-refractivity contribution in [2.45, 2.75) is 0 Å². The van der Waals surface area contributed by atoms with Gasteiger partial charge in [-0.3, -0.25) is 0 Å². The van der Waals surface area contributed by atoms with E-state index in [0.717, 1.165) is 22.7 Å². The van der Waals surface area contributed by atoms with Gasteiger partial charge in [-0.15, -0.1) is 0 Å². The molecule has 0 saturated carbocycles. The van der Waals surface area contributed by atoms with E-state index in [1.54, 1.807) is 0 Å². The van der Waals surface area contributed by atoms with Crippen molar-refractivity contribution < 1.29 is 0 Å². The zero-order chi connectivity index (χ0) is 35.8. The number of nitrogens with zero attached hydrogens (tertiary/aromatic N) is 2. The molecule has 0 saturated heterocycles. The van der Waals surface area contributed by atoms with Gasteiger partial charge in [0.2, 0.25) is 0 Å². The third-order valence-corrected chi connectivity index (χ3v) is 10.6. The zero-order valence-electron chi connectivity index (χ0n) is 29.7. The maximum atomic E-state index is 2.42. The molecule has 0 atom stereocenters. The van der Waals surface area contributed by atoms with E-state index in [4.69, 9.17) is 0 Å². The third kappa shape index (κ3) is 5.53.